The lowest BCUT2D eigenvalue weighted by molar-refractivity contribution is -0.0149. The van der Waals surface area contributed by atoms with Crippen molar-refractivity contribution in [3.05, 3.63) is 164 Å². The maximum Gasteiger partial charge on any atom is 0.231 e. The van der Waals surface area contributed by atoms with Crippen LogP contribution in [-0.2, 0) is 18.9 Å². The molecule has 0 spiro atoms. The van der Waals surface area contributed by atoms with E-state index >= 15 is 0 Å². The highest BCUT2D eigenvalue weighted by atomic mass is 31.1. The first kappa shape index (κ1) is 35.0. The molecule has 2 saturated heterocycles. The number of allylic oxidation sites excluding steroid dienone is 3. The second-order valence-corrected chi connectivity index (χ2v) is 20.5. The summed E-state index contributed by atoms with van der Waals surface area (Å²) in [6.45, 7) is 18.3. The van der Waals surface area contributed by atoms with Crippen molar-refractivity contribution in [2.24, 2.45) is 0 Å². The summed E-state index contributed by atoms with van der Waals surface area (Å²) in [4.78, 5) is 0. The average molecular weight is 739 g/mol. The summed E-state index contributed by atoms with van der Waals surface area (Å²) in [5, 5.41) is 6.82. The summed E-state index contributed by atoms with van der Waals surface area (Å²) in [6.07, 6.45) is 8.66. The van der Waals surface area contributed by atoms with E-state index in [0.29, 0.717) is 0 Å². The lowest BCUT2D eigenvalue weighted by Gasteiger charge is -2.38. The zero-order chi connectivity index (χ0) is 36.8. The minimum absolute atomic E-state index is 0.122. The van der Waals surface area contributed by atoms with Crippen molar-refractivity contribution in [1.29, 1.82) is 0 Å². The van der Waals surface area contributed by atoms with Crippen molar-refractivity contribution in [2.75, 3.05) is 13.6 Å². The first-order valence-corrected chi connectivity index (χ1v) is 21.5. The van der Waals surface area contributed by atoms with Crippen LogP contribution >= 0.6 is 15.8 Å². The number of fused-ring (bicyclic) bond motifs is 1. The van der Waals surface area contributed by atoms with Gasteiger partial charge in [0.1, 0.15) is 18.0 Å². The van der Waals surface area contributed by atoms with Crippen molar-refractivity contribution in [3.8, 4) is 0 Å². The molecule has 3 atom stereocenters. The second-order valence-electron chi connectivity index (χ2n) is 16.0. The van der Waals surface area contributed by atoms with Crippen LogP contribution in [0.1, 0.15) is 57.3 Å². The van der Waals surface area contributed by atoms with Crippen molar-refractivity contribution in [3.63, 3.8) is 0 Å². The molecule has 1 saturated carbocycles. The maximum atomic E-state index is 6.92. The van der Waals surface area contributed by atoms with Crippen LogP contribution in [0.15, 0.2) is 119 Å². The normalized spacial score (nSPS) is 24.3. The molecule has 0 amide bonds. The molecular formula is C47H48O4P2. The molecule has 4 nitrogen and oxygen atoms in total. The summed E-state index contributed by atoms with van der Waals surface area (Å²) in [5.74, 6) is 1.74. The van der Waals surface area contributed by atoms with Gasteiger partial charge in [0.15, 0.2) is 11.5 Å². The molecular weight excluding hydrogens is 690 g/mol. The molecule has 6 heteroatoms. The first-order chi connectivity index (χ1) is 25.4. The average Bonchev–Trinajstić information content (AvgIpc) is 3.31. The lowest BCUT2D eigenvalue weighted by Crippen LogP contribution is -2.35. The third-order valence-corrected chi connectivity index (χ3v) is 16.5. The van der Waals surface area contributed by atoms with Crippen LogP contribution in [0.5, 0.6) is 0 Å². The number of hydrogen-bond donors (Lipinski definition) is 0. The van der Waals surface area contributed by atoms with E-state index in [4.69, 9.17) is 18.9 Å². The predicted molar refractivity (Wildman–Crippen MR) is 220 cm³/mol. The van der Waals surface area contributed by atoms with E-state index in [-0.39, 0.29) is 19.2 Å². The van der Waals surface area contributed by atoms with Gasteiger partial charge in [-0.05, 0) is 116 Å². The van der Waals surface area contributed by atoms with Gasteiger partial charge >= 0.3 is 0 Å². The van der Waals surface area contributed by atoms with Crippen molar-refractivity contribution in [2.45, 2.75) is 85.1 Å². The van der Waals surface area contributed by atoms with Gasteiger partial charge < -0.3 is 18.9 Å². The SMILES string of the molecule is Cc1cc(C)cc(P(C2=C(C3=C4OCOC4=CCC3P(c3cc(C)cc(C)c3)c3cc(C)cc(C)c3)C34CC3(C=C2)OCO4)c2cc(C)cc(C)c2)c1. The topological polar surface area (TPSA) is 36.9 Å². The minimum Gasteiger partial charge on any atom is -0.454 e. The zero-order valence-corrected chi connectivity index (χ0v) is 33.9. The van der Waals surface area contributed by atoms with Gasteiger partial charge in [-0.15, -0.1) is 0 Å². The number of benzene rings is 4. The quantitative estimate of drug-likeness (QED) is 0.177. The van der Waals surface area contributed by atoms with Crippen LogP contribution in [0.25, 0.3) is 0 Å². The zero-order valence-electron chi connectivity index (χ0n) is 32.1. The van der Waals surface area contributed by atoms with Crippen molar-refractivity contribution >= 4 is 37.1 Å². The van der Waals surface area contributed by atoms with Crippen LogP contribution in [0.4, 0.5) is 0 Å². The van der Waals surface area contributed by atoms with Crippen molar-refractivity contribution < 1.29 is 18.9 Å². The number of ether oxygens (including phenoxy) is 4. The maximum absolute atomic E-state index is 6.92. The fraction of sp³-hybridized carbons (Fsp3) is 0.319. The van der Waals surface area contributed by atoms with Gasteiger partial charge in [-0.3, -0.25) is 0 Å². The molecule has 2 aliphatic heterocycles. The van der Waals surface area contributed by atoms with Crippen LogP contribution in [-0.4, -0.2) is 30.4 Å². The first-order valence-electron chi connectivity index (χ1n) is 18.8. The molecule has 0 aromatic heterocycles. The van der Waals surface area contributed by atoms with E-state index in [2.05, 4.69) is 146 Å². The Morgan fingerprint density at radius 1 is 0.566 bits per heavy atom. The number of aryl methyl sites for hydroxylation is 8. The highest BCUT2D eigenvalue weighted by molar-refractivity contribution is 7.77. The largest absolute Gasteiger partial charge is 0.454 e. The lowest BCUT2D eigenvalue weighted by atomic mass is 9.86. The molecule has 4 aromatic rings. The molecule has 9 rings (SSSR count). The Hall–Kier alpha value is -3.78. The van der Waals surface area contributed by atoms with Gasteiger partial charge in [0.05, 0.1) is 0 Å². The van der Waals surface area contributed by atoms with E-state index in [0.717, 1.165) is 24.4 Å². The van der Waals surface area contributed by atoms with E-state index in [1.54, 1.807) is 0 Å². The third-order valence-electron chi connectivity index (χ3n) is 11.3. The Morgan fingerprint density at radius 2 is 1.06 bits per heavy atom. The van der Waals surface area contributed by atoms with Crippen LogP contribution in [0.3, 0.4) is 0 Å². The monoisotopic (exact) mass is 738 g/mol. The molecule has 2 heterocycles. The molecule has 270 valence electrons. The Morgan fingerprint density at radius 3 is 1.57 bits per heavy atom. The molecule has 3 fully saturated rings. The molecule has 0 radical (unpaired) electrons. The standard InChI is InChI=1S/C47H48O4P2/c1-28-13-29(2)18-36(17-28)52(37-19-30(3)14-31(4)20-37)41-10-9-40-45(49-26-48-40)43(41)44-42(11-12-46-25-47(44,46)51-27-50-46)53(38-21-32(5)15-33(6)22-38)39-23-34(7)16-35(8)24-39/h9,11-24,41H,10,25-27H2,1-8H3. The summed E-state index contributed by atoms with van der Waals surface area (Å²) >= 11 is 0. The fourth-order valence-electron chi connectivity index (χ4n) is 9.49. The molecule has 3 aliphatic carbocycles. The van der Waals surface area contributed by atoms with E-state index in [9.17, 15) is 0 Å². The van der Waals surface area contributed by atoms with Crippen molar-refractivity contribution in [1.82, 2.24) is 0 Å². The Bertz CT molecular complexity index is 2150. The fourth-order valence-corrected chi connectivity index (χ4v) is 15.6. The van der Waals surface area contributed by atoms with Gasteiger partial charge in [-0.1, -0.05) is 123 Å². The van der Waals surface area contributed by atoms with Crippen LogP contribution in [0.2, 0.25) is 0 Å². The predicted octanol–water partition coefficient (Wildman–Crippen LogP) is 9.34. The summed E-state index contributed by atoms with van der Waals surface area (Å²) in [5.41, 5.74) is 11.9. The highest BCUT2D eigenvalue weighted by Crippen LogP contribution is 2.71. The van der Waals surface area contributed by atoms with E-state index in [1.807, 2.05) is 0 Å². The highest BCUT2D eigenvalue weighted by Gasteiger charge is 2.77. The Labute approximate surface area is 317 Å². The van der Waals surface area contributed by atoms with Crippen LogP contribution < -0.4 is 21.2 Å². The number of rotatable bonds is 7. The summed E-state index contributed by atoms with van der Waals surface area (Å²) in [7, 11) is -1.90. The molecule has 5 aliphatic rings. The van der Waals surface area contributed by atoms with Gasteiger partial charge in [0.2, 0.25) is 6.79 Å². The van der Waals surface area contributed by atoms with Crippen LogP contribution in [0, 0.1) is 55.4 Å². The molecule has 0 N–H and O–H groups in total. The van der Waals surface area contributed by atoms with E-state index in [1.165, 1.54) is 82.2 Å². The van der Waals surface area contributed by atoms with E-state index < -0.39 is 27.0 Å². The van der Waals surface area contributed by atoms with Gasteiger partial charge in [0, 0.05) is 23.2 Å². The number of hydrogen-bond acceptors (Lipinski definition) is 4. The molecule has 0 bridgehead atoms. The van der Waals surface area contributed by atoms with Gasteiger partial charge in [-0.25, -0.2) is 0 Å². The van der Waals surface area contributed by atoms with Gasteiger partial charge in [0.25, 0.3) is 0 Å². The Kier molecular flexibility index (Phi) is 8.52. The molecule has 4 aromatic carbocycles. The smallest absolute Gasteiger partial charge is 0.231 e. The summed E-state index contributed by atoms with van der Waals surface area (Å²) < 4.78 is 26.4. The summed E-state index contributed by atoms with van der Waals surface area (Å²) in [6, 6.07) is 28.5. The second kappa shape index (κ2) is 12.9. The van der Waals surface area contributed by atoms with Gasteiger partial charge in [-0.2, -0.15) is 0 Å². The third kappa shape index (κ3) is 5.89. The minimum atomic E-state index is -1.00. The Balaban J connectivity index is 1.37. The molecule has 53 heavy (non-hydrogen) atoms. The molecule has 3 unspecified atom stereocenters.